The van der Waals surface area contributed by atoms with E-state index in [1.54, 1.807) is 24.3 Å². The second-order valence-corrected chi connectivity index (χ2v) is 4.12. The third-order valence-electron chi connectivity index (χ3n) is 1.47. The Balaban J connectivity index is 4.28. The monoisotopic (exact) mass is 205 g/mol. The van der Waals surface area contributed by atoms with Crippen molar-refractivity contribution in [3.8, 4) is 0 Å². The zero-order valence-electron chi connectivity index (χ0n) is 7.92. The third kappa shape index (κ3) is 5.77. The molecule has 0 saturated carbocycles. The summed E-state index contributed by atoms with van der Waals surface area (Å²) in [6, 6.07) is 0. The summed E-state index contributed by atoms with van der Waals surface area (Å²) in [6.45, 7) is 4.16. The van der Waals surface area contributed by atoms with E-state index in [0.29, 0.717) is 0 Å². The van der Waals surface area contributed by atoms with Crippen molar-refractivity contribution >= 4 is 7.75 Å². The van der Waals surface area contributed by atoms with Gasteiger partial charge in [-0.25, -0.2) is 9.24 Å². The van der Waals surface area contributed by atoms with Gasteiger partial charge in [0.2, 0.25) is 0 Å². The van der Waals surface area contributed by atoms with Crippen LogP contribution in [0.25, 0.3) is 0 Å². The van der Waals surface area contributed by atoms with Gasteiger partial charge >= 0.3 is 7.75 Å². The Morgan fingerprint density at radius 3 is 1.77 bits per heavy atom. The van der Waals surface area contributed by atoms with Crippen molar-refractivity contribution in [3.63, 3.8) is 0 Å². The van der Waals surface area contributed by atoms with Crippen molar-refractivity contribution in [3.05, 3.63) is 24.3 Å². The molecule has 0 rings (SSSR count). The summed E-state index contributed by atoms with van der Waals surface area (Å²) in [7, 11) is -4.10. The summed E-state index contributed by atoms with van der Waals surface area (Å²) in [5.41, 5.74) is 0. The van der Waals surface area contributed by atoms with Gasteiger partial charge < -0.3 is 9.79 Å². The minimum Gasteiger partial charge on any atom is -0.312 e. The van der Waals surface area contributed by atoms with Crippen LogP contribution in [0, 0.1) is 0 Å². The summed E-state index contributed by atoms with van der Waals surface area (Å²) in [5.74, 6) is 0. The van der Waals surface area contributed by atoms with E-state index in [4.69, 9.17) is 9.79 Å². The lowest BCUT2D eigenvalue weighted by Gasteiger charge is -2.19. The Hall–Kier alpha value is -0.410. The molecule has 0 aromatic rings. The first kappa shape index (κ1) is 12.6. The molecule has 0 radical (unpaired) electrons. The molecule has 0 heterocycles. The molecule has 0 saturated heterocycles. The van der Waals surface area contributed by atoms with Crippen LogP contribution in [0.1, 0.15) is 13.8 Å². The molecule has 0 atom stereocenters. The Bertz CT molecular complexity index is 218. The molecular weight excluding hydrogens is 189 g/mol. The average Bonchev–Trinajstić information content (AvgIpc) is 2.02. The van der Waals surface area contributed by atoms with Crippen LogP contribution in [0.4, 0.5) is 0 Å². The van der Waals surface area contributed by atoms with Crippen molar-refractivity contribution in [2.75, 3.05) is 13.1 Å². The van der Waals surface area contributed by atoms with Crippen molar-refractivity contribution in [1.82, 2.24) is 4.67 Å². The smallest absolute Gasteiger partial charge is 0.312 e. The highest BCUT2D eigenvalue weighted by Gasteiger charge is 2.22. The predicted octanol–water partition coefficient (Wildman–Crippen LogP) is 1.53. The molecule has 0 fully saturated rings. The lowest BCUT2D eigenvalue weighted by molar-refractivity contribution is 0.291. The molecule has 4 nitrogen and oxygen atoms in total. The van der Waals surface area contributed by atoms with Gasteiger partial charge in [0.1, 0.15) is 0 Å². The topological polar surface area (TPSA) is 60.8 Å². The average molecular weight is 205 g/mol. The molecular formula is C8H16NO3P. The molecule has 0 spiro atoms. The fraction of sp³-hybridized carbons (Fsp3) is 0.500. The van der Waals surface area contributed by atoms with Gasteiger partial charge in [0.05, 0.1) is 0 Å². The van der Waals surface area contributed by atoms with Gasteiger partial charge in [0.15, 0.2) is 0 Å². The normalized spacial score (nSPS) is 13.6. The Morgan fingerprint density at radius 1 is 1.15 bits per heavy atom. The van der Waals surface area contributed by atoms with Crippen LogP contribution in [0.5, 0.6) is 0 Å². The van der Waals surface area contributed by atoms with Gasteiger partial charge in [-0.1, -0.05) is 24.3 Å². The van der Waals surface area contributed by atoms with E-state index < -0.39 is 7.75 Å². The number of nitrogens with zero attached hydrogens (tertiary/aromatic N) is 1. The molecule has 0 unspecified atom stereocenters. The number of hydrogen-bond acceptors (Lipinski definition) is 1. The Kier molecular flexibility index (Phi) is 5.91. The van der Waals surface area contributed by atoms with Crippen LogP contribution < -0.4 is 0 Å². The summed E-state index contributed by atoms with van der Waals surface area (Å²) in [4.78, 5) is 17.8. The molecule has 0 bridgehead atoms. The zero-order valence-corrected chi connectivity index (χ0v) is 8.82. The SMILES string of the molecule is CC=CCN(CC=CC)P(=O)(O)O. The van der Waals surface area contributed by atoms with Crippen LogP contribution >= 0.6 is 7.75 Å². The van der Waals surface area contributed by atoms with E-state index in [9.17, 15) is 4.57 Å². The first-order valence-electron chi connectivity index (χ1n) is 4.05. The third-order valence-corrected chi connectivity index (χ3v) is 2.54. The van der Waals surface area contributed by atoms with E-state index in [1.165, 1.54) is 0 Å². The Labute approximate surface area is 78.8 Å². The summed E-state index contributed by atoms with van der Waals surface area (Å²) >= 11 is 0. The molecule has 0 aromatic heterocycles. The van der Waals surface area contributed by atoms with Crippen LogP contribution in [0.15, 0.2) is 24.3 Å². The molecule has 13 heavy (non-hydrogen) atoms. The van der Waals surface area contributed by atoms with Crippen LogP contribution in [-0.4, -0.2) is 27.5 Å². The highest BCUT2D eigenvalue weighted by Crippen LogP contribution is 2.39. The maximum absolute atomic E-state index is 10.9. The molecule has 0 aliphatic heterocycles. The second kappa shape index (κ2) is 6.11. The van der Waals surface area contributed by atoms with E-state index in [0.717, 1.165) is 4.67 Å². The number of rotatable bonds is 5. The van der Waals surface area contributed by atoms with Crippen molar-refractivity contribution < 1.29 is 14.4 Å². The van der Waals surface area contributed by atoms with E-state index in [2.05, 4.69) is 0 Å². The molecule has 0 amide bonds. The van der Waals surface area contributed by atoms with Crippen molar-refractivity contribution in [2.24, 2.45) is 0 Å². The van der Waals surface area contributed by atoms with E-state index in [-0.39, 0.29) is 13.1 Å². The predicted molar refractivity (Wildman–Crippen MR) is 53.2 cm³/mol. The van der Waals surface area contributed by atoms with Crippen LogP contribution in [0.3, 0.4) is 0 Å². The fourth-order valence-corrected chi connectivity index (χ4v) is 1.36. The highest BCUT2D eigenvalue weighted by molar-refractivity contribution is 7.49. The summed E-state index contributed by atoms with van der Waals surface area (Å²) in [6.07, 6.45) is 6.95. The van der Waals surface area contributed by atoms with Gasteiger partial charge in [-0.15, -0.1) is 0 Å². The van der Waals surface area contributed by atoms with Gasteiger partial charge in [0, 0.05) is 13.1 Å². The first-order chi connectivity index (χ1) is 6.02. The fourth-order valence-electron chi connectivity index (χ4n) is 0.741. The van der Waals surface area contributed by atoms with Gasteiger partial charge in [-0.3, -0.25) is 0 Å². The largest absolute Gasteiger partial charge is 0.403 e. The van der Waals surface area contributed by atoms with Gasteiger partial charge in [0.25, 0.3) is 0 Å². The maximum Gasteiger partial charge on any atom is 0.403 e. The van der Waals surface area contributed by atoms with Crippen molar-refractivity contribution in [1.29, 1.82) is 0 Å². The lowest BCUT2D eigenvalue weighted by Crippen LogP contribution is -2.20. The molecule has 2 N–H and O–H groups in total. The minimum absolute atomic E-state index is 0.269. The summed E-state index contributed by atoms with van der Waals surface area (Å²) < 4.78 is 12.0. The first-order valence-corrected chi connectivity index (χ1v) is 5.62. The molecule has 76 valence electrons. The molecule has 5 heteroatoms. The van der Waals surface area contributed by atoms with Gasteiger partial charge in [-0.2, -0.15) is 0 Å². The van der Waals surface area contributed by atoms with Crippen molar-refractivity contribution in [2.45, 2.75) is 13.8 Å². The Morgan fingerprint density at radius 2 is 1.54 bits per heavy atom. The second-order valence-electron chi connectivity index (χ2n) is 2.52. The van der Waals surface area contributed by atoms with Gasteiger partial charge in [-0.05, 0) is 13.8 Å². The standard InChI is InChI=1S/C8H16NO3P/c1-3-5-7-9(8-6-4-2)13(10,11)12/h3-6H,7-8H2,1-2H3,(H2,10,11,12). The number of allylic oxidation sites excluding steroid dienone is 2. The lowest BCUT2D eigenvalue weighted by atomic mass is 10.5. The maximum atomic E-state index is 10.9. The summed E-state index contributed by atoms with van der Waals surface area (Å²) in [5, 5.41) is 0. The quantitative estimate of drug-likeness (QED) is 0.528. The van der Waals surface area contributed by atoms with E-state index in [1.807, 2.05) is 13.8 Å². The highest BCUT2D eigenvalue weighted by atomic mass is 31.2. The van der Waals surface area contributed by atoms with Crippen LogP contribution in [0.2, 0.25) is 0 Å². The van der Waals surface area contributed by atoms with Crippen LogP contribution in [-0.2, 0) is 4.57 Å². The van der Waals surface area contributed by atoms with E-state index >= 15 is 0 Å². The molecule has 0 aliphatic carbocycles. The minimum atomic E-state index is -4.10. The number of hydrogen-bond donors (Lipinski definition) is 2. The molecule has 0 aliphatic rings. The molecule has 0 aromatic carbocycles. The zero-order chi connectivity index (χ0) is 10.3.